The summed E-state index contributed by atoms with van der Waals surface area (Å²) in [5.41, 5.74) is 0.461. The Hall–Kier alpha value is -1.03. The van der Waals surface area contributed by atoms with Gasteiger partial charge in [0.25, 0.3) is 0 Å². The van der Waals surface area contributed by atoms with Crippen molar-refractivity contribution < 1.29 is 9.90 Å². The van der Waals surface area contributed by atoms with Crippen molar-refractivity contribution in [1.82, 2.24) is 4.98 Å². The first-order chi connectivity index (χ1) is 5.22. The zero-order valence-electron chi connectivity index (χ0n) is 5.64. The molecule has 0 aliphatic rings. The molecule has 3 nitrogen and oxygen atoms in total. The van der Waals surface area contributed by atoms with Gasteiger partial charge in [-0.15, -0.1) is 0 Å². The van der Waals surface area contributed by atoms with Crippen molar-refractivity contribution in [2.24, 2.45) is 0 Å². The maximum atomic E-state index is 10.4. The molecule has 0 saturated heterocycles. The molecule has 0 spiro atoms. The van der Waals surface area contributed by atoms with Crippen molar-refractivity contribution in [1.29, 1.82) is 0 Å². The number of thiol groups is 1. The van der Waals surface area contributed by atoms with Gasteiger partial charge in [0.1, 0.15) is 5.25 Å². The topological polar surface area (TPSA) is 50.2 Å². The van der Waals surface area contributed by atoms with Gasteiger partial charge >= 0.3 is 5.97 Å². The molecule has 1 aromatic heterocycles. The van der Waals surface area contributed by atoms with E-state index in [1.807, 2.05) is 0 Å². The van der Waals surface area contributed by atoms with Crippen molar-refractivity contribution in [3.8, 4) is 0 Å². The first kappa shape index (κ1) is 8.07. The molecular formula is C7H7NO2S. The maximum Gasteiger partial charge on any atom is 0.322 e. The monoisotopic (exact) mass is 169 g/mol. The fourth-order valence-electron chi connectivity index (χ4n) is 0.664. The number of carbonyl (C=O) groups is 1. The normalized spacial score (nSPS) is 12.5. The van der Waals surface area contributed by atoms with Crippen molar-refractivity contribution in [3.63, 3.8) is 0 Å². The zero-order chi connectivity index (χ0) is 8.27. The summed E-state index contributed by atoms with van der Waals surface area (Å²) in [7, 11) is 0. The molecule has 1 heterocycles. The molecule has 1 atom stereocenters. The van der Waals surface area contributed by atoms with E-state index in [1.54, 1.807) is 24.4 Å². The maximum absolute atomic E-state index is 10.4. The minimum Gasteiger partial charge on any atom is -0.480 e. The van der Waals surface area contributed by atoms with Gasteiger partial charge in [0.2, 0.25) is 0 Å². The van der Waals surface area contributed by atoms with E-state index < -0.39 is 11.2 Å². The highest BCUT2D eigenvalue weighted by Gasteiger charge is 2.14. The van der Waals surface area contributed by atoms with Crippen LogP contribution in [0, 0.1) is 0 Å². The second-order valence-corrected chi connectivity index (χ2v) is 2.51. The van der Waals surface area contributed by atoms with E-state index >= 15 is 0 Å². The molecule has 0 aliphatic heterocycles. The summed E-state index contributed by atoms with van der Waals surface area (Å²) < 4.78 is 0. The molecule has 0 amide bonds. The Morgan fingerprint density at radius 1 is 1.64 bits per heavy atom. The number of carboxylic acids is 1. The number of nitrogens with zero attached hydrogens (tertiary/aromatic N) is 1. The van der Waals surface area contributed by atoms with Crippen molar-refractivity contribution in [2.45, 2.75) is 5.25 Å². The molecular weight excluding hydrogens is 162 g/mol. The summed E-state index contributed by atoms with van der Waals surface area (Å²) in [5.74, 6) is -0.980. The van der Waals surface area contributed by atoms with E-state index in [2.05, 4.69) is 17.6 Å². The van der Waals surface area contributed by atoms with Crippen LogP contribution in [-0.2, 0) is 4.79 Å². The third-order valence-corrected chi connectivity index (χ3v) is 1.69. The summed E-state index contributed by atoms with van der Waals surface area (Å²) in [6, 6.07) is 5.09. The van der Waals surface area contributed by atoms with E-state index in [-0.39, 0.29) is 0 Å². The number of aromatic nitrogens is 1. The van der Waals surface area contributed by atoms with Crippen LogP contribution in [0.4, 0.5) is 0 Å². The highest BCUT2D eigenvalue weighted by molar-refractivity contribution is 7.81. The molecule has 0 fully saturated rings. The summed E-state index contributed by atoms with van der Waals surface area (Å²) in [6.07, 6.45) is 1.54. The summed E-state index contributed by atoms with van der Waals surface area (Å²) >= 11 is 3.85. The Balaban J connectivity index is 2.85. The Labute approximate surface area is 69.5 Å². The summed E-state index contributed by atoms with van der Waals surface area (Å²) in [5, 5.41) is 7.70. The lowest BCUT2D eigenvalue weighted by Crippen LogP contribution is -2.06. The van der Waals surface area contributed by atoms with E-state index in [0.29, 0.717) is 5.69 Å². The second kappa shape index (κ2) is 3.39. The van der Waals surface area contributed by atoms with Crippen LogP contribution >= 0.6 is 12.6 Å². The number of carboxylic acid groups (broad SMARTS) is 1. The van der Waals surface area contributed by atoms with Gasteiger partial charge in [0.05, 0.1) is 5.69 Å². The Bertz CT molecular complexity index is 250. The molecule has 4 heteroatoms. The molecule has 11 heavy (non-hydrogen) atoms. The Kier molecular flexibility index (Phi) is 2.48. The first-order valence-electron chi connectivity index (χ1n) is 3.03. The minimum atomic E-state index is -0.980. The lowest BCUT2D eigenvalue weighted by Gasteiger charge is -2.02. The minimum absolute atomic E-state index is 0.461. The zero-order valence-corrected chi connectivity index (χ0v) is 6.53. The van der Waals surface area contributed by atoms with E-state index in [9.17, 15) is 4.79 Å². The van der Waals surface area contributed by atoms with E-state index in [4.69, 9.17) is 5.11 Å². The fourth-order valence-corrected chi connectivity index (χ4v) is 0.817. The molecule has 0 saturated carbocycles. The van der Waals surface area contributed by atoms with Gasteiger partial charge in [-0.1, -0.05) is 6.07 Å². The standard InChI is InChI=1S/C7H7NO2S/c9-7(10)6(11)5-3-1-2-4-8-5/h1-4,6,11H,(H,9,10). The van der Waals surface area contributed by atoms with E-state index in [1.165, 1.54) is 0 Å². The van der Waals surface area contributed by atoms with Crippen LogP contribution in [0.1, 0.15) is 10.9 Å². The number of aliphatic carboxylic acids is 1. The van der Waals surface area contributed by atoms with Crippen LogP contribution in [0.15, 0.2) is 24.4 Å². The number of rotatable bonds is 2. The van der Waals surface area contributed by atoms with Crippen molar-refractivity contribution in [2.75, 3.05) is 0 Å². The Morgan fingerprint density at radius 2 is 2.36 bits per heavy atom. The quantitative estimate of drug-likeness (QED) is 0.653. The largest absolute Gasteiger partial charge is 0.480 e. The molecule has 1 aromatic rings. The fraction of sp³-hybridized carbons (Fsp3) is 0.143. The molecule has 1 N–H and O–H groups in total. The summed E-state index contributed by atoms with van der Waals surface area (Å²) in [4.78, 5) is 14.2. The van der Waals surface area contributed by atoms with Crippen molar-refractivity contribution >= 4 is 18.6 Å². The van der Waals surface area contributed by atoms with Gasteiger partial charge in [-0.3, -0.25) is 9.78 Å². The van der Waals surface area contributed by atoms with Gasteiger partial charge in [-0.05, 0) is 12.1 Å². The van der Waals surface area contributed by atoms with Gasteiger partial charge in [-0.2, -0.15) is 12.6 Å². The molecule has 0 aliphatic carbocycles. The Morgan fingerprint density at radius 3 is 2.82 bits per heavy atom. The second-order valence-electron chi connectivity index (χ2n) is 2.00. The lowest BCUT2D eigenvalue weighted by molar-refractivity contribution is -0.136. The molecule has 0 radical (unpaired) electrons. The van der Waals surface area contributed by atoms with Crippen molar-refractivity contribution in [3.05, 3.63) is 30.1 Å². The first-order valence-corrected chi connectivity index (χ1v) is 3.55. The predicted molar refractivity (Wildman–Crippen MR) is 43.6 cm³/mol. The van der Waals surface area contributed by atoms with Crippen LogP contribution in [0.25, 0.3) is 0 Å². The number of pyridine rings is 1. The molecule has 0 bridgehead atoms. The number of hydrogen-bond donors (Lipinski definition) is 2. The van der Waals surface area contributed by atoms with Crippen LogP contribution in [0.5, 0.6) is 0 Å². The van der Waals surface area contributed by atoms with E-state index in [0.717, 1.165) is 0 Å². The van der Waals surface area contributed by atoms with Crippen LogP contribution in [-0.4, -0.2) is 16.1 Å². The highest BCUT2D eigenvalue weighted by Crippen LogP contribution is 2.16. The summed E-state index contributed by atoms with van der Waals surface area (Å²) in [6.45, 7) is 0. The van der Waals surface area contributed by atoms with Crippen LogP contribution < -0.4 is 0 Å². The molecule has 58 valence electrons. The molecule has 0 aromatic carbocycles. The van der Waals surface area contributed by atoms with Gasteiger partial charge in [0.15, 0.2) is 0 Å². The van der Waals surface area contributed by atoms with Gasteiger partial charge in [-0.25, -0.2) is 0 Å². The van der Waals surface area contributed by atoms with Crippen LogP contribution in [0.2, 0.25) is 0 Å². The van der Waals surface area contributed by atoms with Gasteiger partial charge in [0, 0.05) is 6.20 Å². The average molecular weight is 169 g/mol. The third kappa shape index (κ3) is 1.94. The van der Waals surface area contributed by atoms with Gasteiger partial charge < -0.3 is 5.11 Å². The SMILES string of the molecule is O=C(O)C(S)c1ccccn1. The predicted octanol–water partition coefficient (Wildman–Crippen LogP) is 1.14. The van der Waals surface area contributed by atoms with Crippen LogP contribution in [0.3, 0.4) is 0 Å². The number of hydrogen-bond acceptors (Lipinski definition) is 3. The average Bonchev–Trinajstić information content (AvgIpc) is 2.05. The third-order valence-electron chi connectivity index (χ3n) is 1.20. The molecule has 1 rings (SSSR count). The lowest BCUT2D eigenvalue weighted by atomic mass is 10.3. The smallest absolute Gasteiger partial charge is 0.322 e. The molecule has 1 unspecified atom stereocenters. The highest BCUT2D eigenvalue weighted by atomic mass is 32.1.